The monoisotopic (exact) mass is 261 g/mol. The van der Waals surface area contributed by atoms with Crippen molar-refractivity contribution < 1.29 is 0 Å². The van der Waals surface area contributed by atoms with E-state index in [1.165, 1.54) is 16.7 Å². The third kappa shape index (κ3) is 3.37. The highest BCUT2D eigenvalue weighted by Gasteiger charge is 2.05. The molecule has 1 aromatic heterocycles. The van der Waals surface area contributed by atoms with Gasteiger partial charge in [0.05, 0.1) is 0 Å². The van der Waals surface area contributed by atoms with Crippen LogP contribution in [0.15, 0.2) is 18.2 Å². The number of nitrogens with zero attached hydrogens (tertiary/aromatic N) is 2. The highest BCUT2D eigenvalue weighted by molar-refractivity contribution is 7.11. The Morgan fingerprint density at radius 3 is 2.61 bits per heavy atom. The van der Waals surface area contributed by atoms with E-state index in [9.17, 15) is 0 Å². The summed E-state index contributed by atoms with van der Waals surface area (Å²) in [6.45, 7) is 4.99. The molecule has 0 aliphatic rings. The van der Waals surface area contributed by atoms with Crippen molar-refractivity contribution in [2.45, 2.75) is 33.1 Å². The van der Waals surface area contributed by atoms with E-state index in [1.54, 1.807) is 11.3 Å². The van der Waals surface area contributed by atoms with Gasteiger partial charge in [-0.1, -0.05) is 18.2 Å². The number of benzene rings is 1. The molecule has 0 saturated carbocycles. The molecular weight excluding hydrogens is 242 g/mol. The fraction of sp³-hybridized carbons (Fsp3) is 0.429. The van der Waals surface area contributed by atoms with Crippen LogP contribution in [0.5, 0.6) is 0 Å². The summed E-state index contributed by atoms with van der Waals surface area (Å²) in [6.07, 6.45) is 2.81. The van der Waals surface area contributed by atoms with Crippen molar-refractivity contribution in [3.8, 4) is 0 Å². The molecule has 1 aromatic carbocycles. The zero-order valence-electron chi connectivity index (χ0n) is 10.9. The average molecular weight is 261 g/mol. The highest BCUT2D eigenvalue weighted by Crippen LogP contribution is 2.17. The molecule has 0 amide bonds. The Morgan fingerprint density at radius 2 is 1.89 bits per heavy atom. The topological polar surface area (TPSA) is 51.8 Å². The van der Waals surface area contributed by atoms with Crippen LogP contribution in [-0.2, 0) is 12.8 Å². The molecule has 2 aromatic rings. The normalized spacial score (nSPS) is 10.8. The smallest absolute Gasteiger partial charge is 0.121 e. The molecule has 2 N–H and O–H groups in total. The molecular formula is C14H19N3S. The quantitative estimate of drug-likeness (QED) is 0.900. The first-order chi connectivity index (χ1) is 8.69. The number of hydrogen-bond donors (Lipinski definition) is 1. The van der Waals surface area contributed by atoms with Crippen LogP contribution in [0.1, 0.15) is 33.1 Å². The van der Waals surface area contributed by atoms with Crippen LogP contribution in [0.2, 0.25) is 0 Å². The molecule has 3 nitrogen and oxygen atoms in total. The van der Waals surface area contributed by atoms with Gasteiger partial charge in [-0.15, -0.1) is 21.5 Å². The molecule has 1 heterocycles. The summed E-state index contributed by atoms with van der Waals surface area (Å²) < 4.78 is 0. The minimum absolute atomic E-state index is 0.714. The van der Waals surface area contributed by atoms with E-state index in [0.717, 1.165) is 29.3 Å². The minimum Gasteiger partial charge on any atom is -0.330 e. The molecule has 96 valence electrons. The molecule has 0 bridgehead atoms. The Morgan fingerprint density at radius 1 is 1.11 bits per heavy atom. The lowest BCUT2D eigenvalue weighted by molar-refractivity contribution is 0.809. The van der Waals surface area contributed by atoms with Gasteiger partial charge in [0.2, 0.25) is 0 Å². The van der Waals surface area contributed by atoms with E-state index in [2.05, 4.69) is 42.2 Å². The van der Waals surface area contributed by atoms with E-state index >= 15 is 0 Å². The van der Waals surface area contributed by atoms with Crippen molar-refractivity contribution in [3.05, 3.63) is 44.9 Å². The number of hydrogen-bond acceptors (Lipinski definition) is 4. The molecule has 0 radical (unpaired) electrons. The summed E-state index contributed by atoms with van der Waals surface area (Å²) in [5, 5.41) is 10.6. The lowest BCUT2D eigenvalue weighted by atomic mass is 10.0. The van der Waals surface area contributed by atoms with Gasteiger partial charge in [-0.2, -0.15) is 0 Å². The zero-order valence-corrected chi connectivity index (χ0v) is 11.8. The molecule has 4 heteroatoms. The molecule has 0 atom stereocenters. The van der Waals surface area contributed by atoms with E-state index in [1.807, 2.05) is 0 Å². The first kappa shape index (κ1) is 13.2. The van der Waals surface area contributed by atoms with Gasteiger partial charge >= 0.3 is 0 Å². The van der Waals surface area contributed by atoms with Gasteiger partial charge in [-0.25, -0.2) is 0 Å². The fourth-order valence-electron chi connectivity index (χ4n) is 1.80. The van der Waals surface area contributed by atoms with E-state index in [-0.39, 0.29) is 0 Å². The van der Waals surface area contributed by atoms with Gasteiger partial charge in [0.25, 0.3) is 0 Å². The van der Waals surface area contributed by atoms with Crippen LogP contribution < -0.4 is 5.73 Å². The van der Waals surface area contributed by atoms with E-state index < -0.39 is 0 Å². The molecule has 2 rings (SSSR count). The molecule has 0 spiro atoms. The van der Waals surface area contributed by atoms with E-state index in [0.29, 0.717) is 6.54 Å². The van der Waals surface area contributed by atoms with Crippen LogP contribution in [0.3, 0.4) is 0 Å². The molecule has 0 aliphatic heterocycles. The summed E-state index contributed by atoms with van der Waals surface area (Å²) in [6, 6.07) is 6.57. The van der Waals surface area contributed by atoms with Crippen molar-refractivity contribution in [1.82, 2.24) is 10.2 Å². The largest absolute Gasteiger partial charge is 0.330 e. The minimum atomic E-state index is 0.714. The Balaban J connectivity index is 2.04. The predicted octanol–water partition coefficient (Wildman–Crippen LogP) is 2.64. The first-order valence-corrected chi connectivity index (χ1v) is 7.08. The number of aryl methyl sites for hydroxylation is 3. The summed E-state index contributed by atoms with van der Waals surface area (Å²) in [4.78, 5) is 0. The number of rotatable bonds is 5. The average Bonchev–Trinajstić information content (AvgIpc) is 2.79. The van der Waals surface area contributed by atoms with Crippen LogP contribution in [0.25, 0.3) is 0 Å². The maximum atomic E-state index is 5.49. The zero-order chi connectivity index (χ0) is 13.0. The van der Waals surface area contributed by atoms with Crippen molar-refractivity contribution in [3.63, 3.8) is 0 Å². The Labute approximate surface area is 112 Å². The van der Waals surface area contributed by atoms with Crippen molar-refractivity contribution in [1.29, 1.82) is 0 Å². The third-order valence-corrected chi connectivity index (χ3v) is 4.01. The van der Waals surface area contributed by atoms with E-state index in [4.69, 9.17) is 5.73 Å². The SMILES string of the molecule is Cc1ccc(Cc2nnc(CCCN)s2)cc1C. The number of nitrogens with two attached hydrogens (primary N) is 1. The third-order valence-electron chi connectivity index (χ3n) is 3.03. The van der Waals surface area contributed by atoms with Crippen LogP contribution in [0, 0.1) is 13.8 Å². The summed E-state index contributed by atoms with van der Waals surface area (Å²) in [5.41, 5.74) is 9.47. The molecule has 0 saturated heterocycles. The molecule has 18 heavy (non-hydrogen) atoms. The van der Waals surface area contributed by atoms with Crippen LogP contribution in [0.4, 0.5) is 0 Å². The molecule has 0 aliphatic carbocycles. The Kier molecular flexibility index (Phi) is 4.44. The van der Waals surface area contributed by atoms with Crippen molar-refractivity contribution in [2.24, 2.45) is 5.73 Å². The lowest BCUT2D eigenvalue weighted by Crippen LogP contribution is -1.99. The first-order valence-electron chi connectivity index (χ1n) is 6.26. The van der Waals surface area contributed by atoms with Gasteiger partial charge in [0.1, 0.15) is 10.0 Å². The molecule has 0 unspecified atom stereocenters. The summed E-state index contributed by atoms with van der Waals surface area (Å²) in [5.74, 6) is 0. The Bertz CT molecular complexity index is 520. The van der Waals surface area contributed by atoms with Crippen LogP contribution >= 0.6 is 11.3 Å². The van der Waals surface area contributed by atoms with Crippen molar-refractivity contribution in [2.75, 3.05) is 6.54 Å². The summed E-state index contributed by atoms with van der Waals surface area (Å²) >= 11 is 1.70. The summed E-state index contributed by atoms with van der Waals surface area (Å²) in [7, 11) is 0. The van der Waals surface area contributed by atoms with Gasteiger partial charge in [-0.05, 0) is 43.5 Å². The second-order valence-electron chi connectivity index (χ2n) is 4.58. The van der Waals surface area contributed by atoms with Gasteiger partial charge < -0.3 is 5.73 Å². The second kappa shape index (κ2) is 6.07. The van der Waals surface area contributed by atoms with Gasteiger partial charge in [-0.3, -0.25) is 0 Å². The lowest BCUT2D eigenvalue weighted by Gasteiger charge is -2.02. The van der Waals surface area contributed by atoms with Gasteiger partial charge in [0.15, 0.2) is 0 Å². The highest BCUT2D eigenvalue weighted by atomic mass is 32.1. The van der Waals surface area contributed by atoms with Crippen LogP contribution in [-0.4, -0.2) is 16.7 Å². The van der Waals surface area contributed by atoms with Gasteiger partial charge in [0, 0.05) is 12.8 Å². The maximum Gasteiger partial charge on any atom is 0.121 e. The fourth-order valence-corrected chi connectivity index (χ4v) is 2.72. The standard InChI is InChI=1S/C14H19N3S/c1-10-5-6-12(8-11(10)2)9-14-17-16-13(18-14)4-3-7-15/h5-6,8H,3-4,7,9,15H2,1-2H3. The second-order valence-corrected chi connectivity index (χ2v) is 5.72. The molecule has 0 fully saturated rings. The maximum absolute atomic E-state index is 5.49. The van der Waals surface area contributed by atoms with Crippen molar-refractivity contribution >= 4 is 11.3 Å². The Hall–Kier alpha value is -1.26. The number of aromatic nitrogens is 2. The predicted molar refractivity (Wildman–Crippen MR) is 76.0 cm³/mol.